The first-order chi connectivity index (χ1) is 48.0. The van der Waals surface area contributed by atoms with Crippen molar-refractivity contribution >= 4 is 47.8 Å². The van der Waals surface area contributed by atoms with Crippen LogP contribution in [-0.4, -0.2) is 151 Å². The van der Waals surface area contributed by atoms with Crippen molar-refractivity contribution in [3.8, 4) is 0 Å². The Morgan fingerprint density at radius 2 is 0.657 bits per heavy atom. The van der Waals surface area contributed by atoms with Gasteiger partial charge in [0.2, 0.25) is 23.6 Å². The number of tetrazole rings is 3. The molecule has 532 valence electrons. The highest BCUT2D eigenvalue weighted by atomic mass is 35.5. The summed E-state index contributed by atoms with van der Waals surface area (Å²) in [5.74, 6) is -2.90. The van der Waals surface area contributed by atoms with Crippen molar-refractivity contribution < 1.29 is 76.2 Å². The number of aromatic amines is 3. The van der Waals surface area contributed by atoms with Crippen molar-refractivity contribution in [1.82, 2.24) is 72.5 Å². The molecular weight excluding hydrogens is 1330 g/mol. The molecule has 0 unspecified atom stereocenters. The average Bonchev–Trinajstić information content (AvgIpc) is 1.49. The van der Waals surface area contributed by atoms with E-state index in [0.29, 0.717) is 97.6 Å². The van der Waals surface area contributed by atoms with E-state index in [9.17, 15) is 48.6 Å². The number of aromatic nitrogens is 12. The Bertz CT molecular complexity index is 4250. The van der Waals surface area contributed by atoms with E-state index in [0.717, 1.165) is 66.8 Å². The standard InChI is InChI=1S/C25H29N7O4.C25H27N5O6.C20H21N7O2.ClH/c1-24(2,3)36-23(35)28-11-10-25(22-29-31-32-30-22)18-8-6-16(20(26)33)12-14(18)4-5-15-13-17(21(27)34)7-9-19(15)25;1-24(2,3)36-23(35)26-11-10-25(22-27-29-30-28-22)18-8-6-16(20(31)32)12-14(18)4-5-15-13-17(21(33)34)7-9-19(15)25;21-8-7-20(19-24-26-27-25-19)15-5-3-13(17(22)28)9-11(15)1-2-12-10-14(18(23)29)4-6-16(12)20;/h6-9,12-13H,4-5,10-11H2,1-3H3,(H2,26,33)(H2,27,34)(H,28,35)(H,29,30,31,32);6-9,12-13H,4-5,10-11H2,1-3H3,(H,26,35)(H,31,32)(H,33,34)(H,27,28,29,30);3-6,9-10H,1-2,7-8,21H2,(H2,22,28)(H2,23,29)(H,24,25,26,27);1H. The molecule has 0 fully saturated rings. The van der Waals surface area contributed by atoms with E-state index in [1.54, 1.807) is 102 Å². The third-order valence-corrected chi connectivity index (χ3v) is 18.1. The minimum atomic E-state index is -1.05. The lowest BCUT2D eigenvalue weighted by molar-refractivity contribution is -0.370. The van der Waals surface area contributed by atoms with Gasteiger partial charge < -0.3 is 71.4 Å². The molecule has 6 aromatic carbocycles. The Morgan fingerprint density at radius 3 is 0.863 bits per heavy atom. The summed E-state index contributed by atoms with van der Waals surface area (Å²) >= 11 is 0. The molecule has 12 rings (SSSR count). The van der Waals surface area contributed by atoms with Crippen molar-refractivity contribution in [1.29, 1.82) is 0 Å². The number of carbonyl (C=O) groups excluding carboxylic acids is 6. The van der Waals surface area contributed by atoms with Gasteiger partial charge >= 0.3 is 24.1 Å². The van der Waals surface area contributed by atoms with Gasteiger partial charge in [0.1, 0.15) is 11.2 Å². The first-order valence-electron chi connectivity index (χ1n) is 32.4. The normalized spacial score (nSPS) is 14.1. The smallest absolute Gasteiger partial charge is 0.407 e. The van der Waals surface area contributed by atoms with E-state index >= 15 is 0 Å². The zero-order chi connectivity index (χ0) is 72.8. The molecule has 31 nitrogen and oxygen atoms in total. The molecular formula is C70H78ClN19O12. The molecule has 0 aliphatic heterocycles. The second-order valence-electron chi connectivity index (χ2n) is 26.7. The van der Waals surface area contributed by atoms with Crippen molar-refractivity contribution in [2.24, 2.45) is 22.9 Å². The monoisotopic (exact) mass is 1410 g/mol. The van der Waals surface area contributed by atoms with Crippen LogP contribution in [0.5, 0.6) is 0 Å². The van der Waals surface area contributed by atoms with E-state index in [4.69, 9.17) is 32.4 Å². The lowest BCUT2D eigenvalue weighted by Gasteiger charge is -2.34. The lowest BCUT2D eigenvalue weighted by atomic mass is 9.69. The number of primary amides is 4. The fourth-order valence-electron chi connectivity index (χ4n) is 13.9. The number of ether oxygens (including phenoxy) is 2. The van der Waals surface area contributed by atoms with Crippen LogP contribution in [0.25, 0.3) is 0 Å². The first-order valence-corrected chi connectivity index (χ1v) is 32.4. The summed E-state index contributed by atoms with van der Waals surface area (Å²) in [7, 11) is 0. The Morgan fingerprint density at radius 1 is 0.422 bits per heavy atom. The molecule has 0 saturated heterocycles. The number of nitrogens with one attached hydrogen (secondary N) is 5. The molecule has 0 atom stereocenters. The van der Waals surface area contributed by atoms with Gasteiger partial charge in [0.25, 0.3) is 0 Å². The Hall–Kier alpha value is -11.9. The highest BCUT2D eigenvalue weighted by molar-refractivity contribution is 5.95. The first kappa shape index (κ1) is 74.4. The Kier molecular flexibility index (Phi) is 22.1. The second-order valence-corrected chi connectivity index (χ2v) is 26.7. The minimum Gasteiger partial charge on any atom is -1.00 e. The molecule has 102 heavy (non-hydrogen) atoms. The van der Waals surface area contributed by atoms with Gasteiger partial charge in [-0.25, -0.2) is 19.2 Å². The fourth-order valence-corrected chi connectivity index (χ4v) is 13.9. The summed E-state index contributed by atoms with van der Waals surface area (Å²) in [6.07, 6.45) is 3.56. The number of hydrogen-bond donors (Lipinski definition) is 12. The number of carboxylic acids is 2. The van der Waals surface area contributed by atoms with Gasteiger partial charge in [0.05, 0.1) is 33.9 Å². The minimum absolute atomic E-state index is 0. The van der Waals surface area contributed by atoms with E-state index in [1.165, 1.54) is 12.1 Å². The molecule has 3 aliphatic carbocycles. The zero-order valence-corrected chi connectivity index (χ0v) is 57.5. The number of quaternary nitrogens is 1. The van der Waals surface area contributed by atoms with Crippen LogP contribution in [0, 0.1) is 0 Å². The predicted molar refractivity (Wildman–Crippen MR) is 361 cm³/mol. The van der Waals surface area contributed by atoms with Crippen LogP contribution in [0.4, 0.5) is 9.59 Å². The quantitative estimate of drug-likeness (QED) is 0.0608. The largest absolute Gasteiger partial charge is 1.00 e. The molecule has 18 N–H and O–H groups in total. The molecule has 3 heterocycles. The number of nitrogens with zero attached hydrogens (tertiary/aromatic N) is 9. The summed E-state index contributed by atoms with van der Waals surface area (Å²) in [6.45, 7) is 11.7. The number of carboxylic acid groups (broad SMARTS) is 2. The van der Waals surface area contributed by atoms with Crippen LogP contribution in [0.15, 0.2) is 109 Å². The molecule has 0 radical (unpaired) electrons. The van der Waals surface area contributed by atoms with Crippen molar-refractivity contribution in [3.63, 3.8) is 0 Å². The lowest BCUT2D eigenvalue weighted by Crippen LogP contribution is -3.00. The van der Waals surface area contributed by atoms with Gasteiger partial charge in [-0.1, -0.05) is 52.0 Å². The zero-order valence-electron chi connectivity index (χ0n) is 56.8. The average molecular weight is 1410 g/mol. The van der Waals surface area contributed by atoms with Gasteiger partial charge in [-0.05, 0) is 232 Å². The Labute approximate surface area is 590 Å². The summed E-state index contributed by atoms with van der Waals surface area (Å²) in [4.78, 5) is 95.5. The molecule has 0 spiro atoms. The van der Waals surface area contributed by atoms with Crippen molar-refractivity contribution in [2.45, 2.75) is 127 Å². The van der Waals surface area contributed by atoms with Crippen LogP contribution < -0.4 is 51.7 Å². The van der Waals surface area contributed by atoms with Gasteiger partial charge in [-0.15, -0.1) is 30.6 Å². The summed E-state index contributed by atoms with van der Waals surface area (Å²) in [5, 5.41) is 69.6. The number of amides is 6. The second kappa shape index (κ2) is 30.3. The highest BCUT2D eigenvalue weighted by Crippen LogP contribution is 2.49. The number of aryl methyl sites for hydroxylation is 6. The maximum absolute atomic E-state index is 12.4. The summed E-state index contributed by atoms with van der Waals surface area (Å²) in [6, 6.07) is 31.3. The van der Waals surface area contributed by atoms with Crippen LogP contribution in [-0.2, 0) is 64.2 Å². The maximum Gasteiger partial charge on any atom is 0.407 e. The molecule has 0 bridgehead atoms. The fraction of sp³-hybridized carbons (Fsp3) is 0.329. The number of carbonyl (C=O) groups is 8. The highest BCUT2D eigenvalue weighted by Gasteiger charge is 2.48. The number of hydrogen-bond acceptors (Lipinski definition) is 19. The topological polar surface area (TPSA) is 515 Å². The predicted octanol–water partition coefficient (Wildman–Crippen LogP) is 1.16. The van der Waals surface area contributed by atoms with E-state index < -0.39 is 75.2 Å². The van der Waals surface area contributed by atoms with Gasteiger partial charge in [0.15, 0.2) is 17.5 Å². The van der Waals surface area contributed by atoms with E-state index in [1.807, 2.05) is 36.4 Å². The van der Waals surface area contributed by atoms with Crippen LogP contribution in [0.1, 0.15) is 207 Å². The number of benzene rings is 6. The van der Waals surface area contributed by atoms with Gasteiger partial charge in [-0.3, -0.25) is 19.2 Å². The number of rotatable bonds is 17. The van der Waals surface area contributed by atoms with Crippen LogP contribution >= 0.6 is 0 Å². The number of nitrogens with two attached hydrogens (primary N) is 4. The maximum atomic E-state index is 12.4. The molecule has 6 amide bonds. The Balaban J connectivity index is 0.000000178. The number of aromatic carboxylic acids is 2. The van der Waals surface area contributed by atoms with E-state index in [2.05, 4.69) is 78.2 Å². The third-order valence-electron chi connectivity index (χ3n) is 18.1. The molecule has 3 aromatic heterocycles. The number of fused-ring (bicyclic) bond motifs is 6. The van der Waals surface area contributed by atoms with Crippen molar-refractivity contribution in [2.75, 3.05) is 19.6 Å². The number of halogens is 1. The number of alkyl carbamates (subject to hydrolysis) is 2. The summed E-state index contributed by atoms with van der Waals surface area (Å²) in [5.41, 5.74) is 34.6. The molecule has 0 saturated carbocycles. The van der Waals surface area contributed by atoms with Gasteiger partial charge in [0, 0.05) is 41.8 Å². The number of H-pyrrole nitrogens is 3. The van der Waals surface area contributed by atoms with Crippen molar-refractivity contribution in [3.05, 3.63) is 227 Å². The third kappa shape index (κ3) is 15.4. The van der Waals surface area contributed by atoms with Crippen LogP contribution in [0.3, 0.4) is 0 Å². The van der Waals surface area contributed by atoms with Crippen LogP contribution in [0.2, 0.25) is 0 Å². The molecule has 9 aromatic rings. The molecule has 32 heteroatoms. The SMILES string of the molecule is CC(C)(C)OC(=O)NCCC1(c2nn[nH]n2)c2ccc(C(=O)O)cc2CCc2cc(C(=O)O)ccc21.CC(C)(C)OC(=O)NCCC1(c2nn[nH]n2)c2ccc(C(N)=O)cc2CCc2cc(C(N)=O)ccc21.NC(=O)c1ccc2c(c1)CCc1cc(C(N)=O)ccc1C2(CC[NH3+])c1nn[nH]n1.[Cl-]. The van der Waals surface area contributed by atoms with E-state index in [-0.39, 0.29) is 43.0 Å². The van der Waals surface area contributed by atoms with Gasteiger partial charge in [-0.2, -0.15) is 15.6 Å². The molecule has 3 aliphatic rings. The summed E-state index contributed by atoms with van der Waals surface area (Å²) < 4.78 is 10.8.